The van der Waals surface area contributed by atoms with Crippen LogP contribution in [0.5, 0.6) is 11.5 Å². The van der Waals surface area contributed by atoms with Crippen LogP contribution in [0.3, 0.4) is 0 Å². The fourth-order valence-corrected chi connectivity index (χ4v) is 3.48. The van der Waals surface area contributed by atoms with Crippen molar-refractivity contribution < 1.29 is 23.8 Å². The number of hydrogen-bond donors (Lipinski definition) is 0. The predicted octanol–water partition coefficient (Wildman–Crippen LogP) is 5.29. The Hall–Kier alpha value is -3.86. The summed E-state index contributed by atoms with van der Waals surface area (Å²) >= 11 is 0. The van der Waals surface area contributed by atoms with E-state index in [1.807, 2.05) is 44.2 Å². The fraction of sp³-hybridized carbons (Fsp3) is 0.154. The molecule has 5 nitrogen and oxygen atoms in total. The summed E-state index contributed by atoms with van der Waals surface area (Å²) in [6, 6.07) is 18.4. The van der Waals surface area contributed by atoms with Crippen molar-refractivity contribution in [2.75, 3.05) is 7.11 Å². The second kappa shape index (κ2) is 8.48. The van der Waals surface area contributed by atoms with Gasteiger partial charge in [0.25, 0.3) is 0 Å². The summed E-state index contributed by atoms with van der Waals surface area (Å²) in [5.41, 5.74) is 4.80. The number of carbonyl (C=O) groups excluding carboxylic acids is 2. The molecular formula is C26H22O5. The van der Waals surface area contributed by atoms with E-state index in [0.717, 1.165) is 22.3 Å². The molecule has 156 valence electrons. The molecule has 31 heavy (non-hydrogen) atoms. The second-order valence-electron chi connectivity index (χ2n) is 7.38. The zero-order valence-corrected chi connectivity index (χ0v) is 17.6. The number of ether oxygens (including phenoxy) is 3. The number of carbonyl (C=O) groups is 2. The molecule has 3 aromatic rings. The van der Waals surface area contributed by atoms with Crippen LogP contribution in [0.4, 0.5) is 0 Å². The van der Waals surface area contributed by atoms with Crippen molar-refractivity contribution in [1.29, 1.82) is 0 Å². The monoisotopic (exact) mass is 414 g/mol. The zero-order valence-electron chi connectivity index (χ0n) is 17.6. The summed E-state index contributed by atoms with van der Waals surface area (Å²) < 4.78 is 16.5. The molecule has 0 atom stereocenters. The number of allylic oxidation sites excluding steroid dienone is 1. The van der Waals surface area contributed by atoms with Crippen molar-refractivity contribution in [3.8, 4) is 11.5 Å². The van der Waals surface area contributed by atoms with E-state index in [-0.39, 0.29) is 11.5 Å². The minimum absolute atomic E-state index is 0.171. The highest BCUT2D eigenvalue weighted by Crippen LogP contribution is 2.37. The van der Waals surface area contributed by atoms with Gasteiger partial charge in [0.05, 0.1) is 18.2 Å². The Morgan fingerprint density at radius 2 is 1.74 bits per heavy atom. The van der Waals surface area contributed by atoms with Crippen LogP contribution >= 0.6 is 0 Å². The average Bonchev–Trinajstić information content (AvgIpc) is 3.08. The van der Waals surface area contributed by atoms with Gasteiger partial charge in [-0.3, -0.25) is 4.79 Å². The second-order valence-corrected chi connectivity index (χ2v) is 7.38. The maximum atomic E-state index is 12.9. The van der Waals surface area contributed by atoms with Crippen LogP contribution in [0.25, 0.3) is 6.08 Å². The highest BCUT2D eigenvalue weighted by Gasteiger charge is 2.30. The molecular weight excluding hydrogens is 392 g/mol. The first-order chi connectivity index (χ1) is 15.0. The maximum Gasteiger partial charge on any atom is 0.337 e. The van der Waals surface area contributed by atoms with Gasteiger partial charge >= 0.3 is 5.97 Å². The number of ketones is 1. The van der Waals surface area contributed by atoms with Crippen molar-refractivity contribution in [2.24, 2.45) is 0 Å². The van der Waals surface area contributed by atoms with Gasteiger partial charge in [0, 0.05) is 6.07 Å². The molecule has 0 aromatic heterocycles. The van der Waals surface area contributed by atoms with Gasteiger partial charge in [-0.2, -0.15) is 0 Å². The number of aryl methyl sites for hydroxylation is 2. The molecule has 0 spiro atoms. The highest BCUT2D eigenvalue weighted by molar-refractivity contribution is 6.15. The highest BCUT2D eigenvalue weighted by atomic mass is 16.5. The van der Waals surface area contributed by atoms with Gasteiger partial charge in [0.15, 0.2) is 5.76 Å². The van der Waals surface area contributed by atoms with E-state index in [2.05, 4.69) is 0 Å². The lowest BCUT2D eigenvalue weighted by Gasteiger charge is -2.10. The van der Waals surface area contributed by atoms with Crippen LogP contribution in [-0.4, -0.2) is 18.9 Å². The Morgan fingerprint density at radius 1 is 1.00 bits per heavy atom. The number of fused-ring (bicyclic) bond motifs is 1. The lowest BCUT2D eigenvalue weighted by Crippen LogP contribution is -2.01. The molecule has 0 N–H and O–H groups in total. The molecule has 0 bridgehead atoms. The van der Waals surface area contributed by atoms with Crippen molar-refractivity contribution in [2.45, 2.75) is 20.5 Å². The third kappa shape index (κ3) is 4.21. The summed E-state index contributed by atoms with van der Waals surface area (Å²) in [6.07, 6.45) is 1.66. The summed E-state index contributed by atoms with van der Waals surface area (Å²) in [7, 11) is 1.34. The van der Waals surface area contributed by atoms with E-state index in [9.17, 15) is 9.59 Å². The number of methoxy groups -OCH3 is 1. The number of rotatable bonds is 5. The molecule has 0 saturated carbocycles. The normalized spacial score (nSPS) is 13.6. The van der Waals surface area contributed by atoms with Crippen LogP contribution in [0.2, 0.25) is 0 Å². The Balaban J connectivity index is 1.54. The van der Waals surface area contributed by atoms with E-state index in [4.69, 9.17) is 14.2 Å². The Morgan fingerprint density at radius 3 is 2.45 bits per heavy atom. The number of benzene rings is 3. The molecule has 1 aliphatic heterocycles. The van der Waals surface area contributed by atoms with Crippen LogP contribution in [0, 0.1) is 13.8 Å². The third-order valence-electron chi connectivity index (χ3n) is 5.23. The van der Waals surface area contributed by atoms with E-state index in [0.29, 0.717) is 29.2 Å². The lowest BCUT2D eigenvalue weighted by atomic mass is 10.0. The number of esters is 1. The quantitative estimate of drug-likeness (QED) is 0.420. The minimum atomic E-state index is -0.409. The van der Waals surface area contributed by atoms with Crippen molar-refractivity contribution in [1.82, 2.24) is 0 Å². The first kappa shape index (κ1) is 20.4. The van der Waals surface area contributed by atoms with Gasteiger partial charge in [0.2, 0.25) is 5.78 Å². The van der Waals surface area contributed by atoms with Gasteiger partial charge in [-0.25, -0.2) is 4.79 Å². The average molecular weight is 414 g/mol. The third-order valence-corrected chi connectivity index (χ3v) is 5.23. The first-order valence-corrected chi connectivity index (χ1v) is 9.91. The summed E-state index contributed by atoms with van der Waals surface area (Å²) in [4.78, 5) is 24.4. The van der Waals surface area contributed by atoms with Gasteiger partial charge in [-0.1, -0.05) is 36.4 Å². The van der Waals surface area contributed by atoms with E-state index < -0.39 is 5.97 Å². The smallest absolute Gasteiger partial charge is 0.337 e. The molecule has 0 amide bonds. The fourth-order valence-electron chi connectivity index (χ4n) is 3.48. The predicted molar refractivity (Wildman–Crippen MR) is 117 cm³/mol. The molecule has 0 fully saturated rings. The largest absolute Gasteiger partial charge is 0.489 e. The molecule has 4 rings (SSSR count). The Labute approximate surface area is 180 Å². The van der Waals surface area contributed by atoms with Crippen molar-refractivity contribution in [3.63, 3.8) is 0 Å². The minimum Gasteiger partial charge on any atom is -0.489 e. The van der Waals surface area contributed by atoms with E-state index in [1.54, 1.807) is 36.4 Å². The topological polar surface area (TPSA) is 61.8 Å². The standard InChI is InChI=1S/C26H22O5/c1-16-6-4-5-7-20(16)15-30-21-12-17(2)24-22(14-21)31-23(25(24)27)13-18-8-10-19(11-9-18)26(28)29-3/h4-14H,15H2,1-3H3/b23-13-. The maximum absolute atomic E-state index is 12.9. The van der Waals surface area contributed by atoms with E-state index >= 15 is 0 Å². The molecule has 5 heteroatoms. The lowest BCUT2D eigenvalue weighted by molar-refractivity contribution is 0.0600. The summed E-state index contributed by atoms with van der Waals surface area (Å²) in [6.45, 7) is 4.35. The molecule has 0 unspecified atom stereocenters. The Bertz CT molecular complexity index is 1190. The molecule has 0 saturated heterocycles. The zero-order chi connectivity index (χ0) is 22.0. The molecule has 3 aromatic carbocycles. The van der Waals surface area contributed by atoms with Crippen LogP contribution in [0.1, 0.15) is 43.0 Å². The van der Waals surface area contributed by atoms with E-state index in [1.165, 1.54) is 7.11 Å². The van der Waals surface area contributed by atoms with Crippen molar-refractivity contribution in [3.05, 3.63) is 99.8 Å². The Kier molecular flexibility index (Phi) is 5.58. The van der Waals surface area contributed by atoms with Gasteiger partial charge in [0.1, 0.15) is 18.1 Å². The molecule has 1 heterocycles. The SMILES string of the molecule is COC(=O)c1ccc(/C=C2\Oc3cc(OCc4ccccc4C)cc(C)c3C2=O)cc1. The van der Waals surface area contributed by atoms with Gasteiger partial charge < -0.3 is 14.2 Å². The van der Waals surface area contributed by atoms with Crippen LogP contribution in [0.15, 0.2) is 66.4 Å². The van der Waals surface area contributed by atoms with Gasteiger partial charge in [-0.05, 0) is 60.4 Å². The van der Waals surface area contributed by atoms with Crippen molar-refractivity contribution >= 4 is 17.8 Å². The number of Topliss-reactive ketones (excluding diaryl/α,β-unsaturated/α-hetero) is 1. The first-order valence-electron chi connectivity index (χ1n) is 9.91. The number of hydrogen-bond acceptors (Lipinski definition) is 5. The van der Waals surface area contributed by atoms with Crippen LogP contribution < -0.4 is 9.47 Å². The summed E-state index contributed by atoms with van der Waals surface area (Å²) in [5.74, 6) is 0.793. The van der Waals surface area contributed by atoms with Gasteiger partial charge in [-0.15, -0.1) is 0 Å². The van der Waals surface area contributed by atoms with Crippen LogP contribution in [-0.2, 0) is 11.3 Å². The molecule has 0 radical (unpaired) electrons. The summed E-state index contributed by atoms with van der Waals surface area (Å²) in [5, 5.41) is 0. The molecule has 1 aliphatic rings. The molecule has 0 aliphatic carbocycles.